The van der Waals surface area contributed by atoms with E-state index in [-0.39, 0.29) is 28.8 Å². The number of anilines is 2. The number of alkyl halides is 3. The number of ether oxygens (including phenoxy) is 1. The zero-order valence-corrected chi connectivity index (χ0v) is 17.5. The highest BCUT2D eigenvalue weighted by molar-refractivity contribution is 5.76. The second kappa shape index (κ2) is 10.6. The maximum atomic E-state index is 13.0. The number of aromatic nitrogens is 4. The number of halogens is 3. The summed E-state index contributed by atoms with van der Waals surface area (Å²) in [7, 11) is 0. The highest BCUT2D eigenvalue weighted by Crippen LogP contribution is 2.28. The van der Waals surface area contributed by atoms with Crippen molar-refractivity contribution in [1.29, 1.82) is 0 Å². The molecule has 10 nitrogen and oxygen atoms in total. The van der Waals surface area contributed by atoms with E-state index in [4.69, 9.17) is 15.7 Å². The van der Waals surface area contributed by atoms with Gasteiger partial charge in [-0.25, -0.2) is 15.1 Å². The zero-order valence-electron chi connectivity index (χ0n) is 25.5. The van der Waals surface area contributed by atoms with Crippen LogP contribution in [0.5, 0.6) is 0 Å². The number of nitrogens with one attached hydrogen (secondary N) is 2. The molecule has 0 saturated carbocycles. The largest absolute Gasteiger partial charge is 0.419 e. The fourth-order valence-corrected chi connectivity index (χ4v) is 2.51. The van der Waals surface area contributed by atoms with Gasteiger partial charge in [-0.3, -0.25) is 9.59 Å². The van der Waals surface area contributed by atoms with Gasteiger partial charge in [-0.2, -0.15) is 18.3 Å². The van der Waals surface area contributed by atoms with Crippen LogP contribution in [0.25, 0.3) is 0 Å². The number of amides is 1. The zero-order chi connectivity index (χ0) is 31.2. The van der Waals surface area contributed by atoms with Crippen molar-refractivity contribution in [3.63, 3.8) is 0 Å². The molecular formula is C20H26F3N7O3. The molecule has 0 radical (unpaired) electrons. The van der Waals surface area contributed by atoms with Gasteiger partial charge in [0.1, 0.15) is 0 Å². The Labute approximate surface area is 199 Å². The first-order valence-corrected chi connectivity index (χ1v) is 9.58. The Morgan fingerprint density at radius 2 is 1.94 bits per heavy atom. The molecule has 2 N–H and O–H groups in total. The van der Waals surface area contributed by atoms with Crippen LogP contribution >= 0.6 is 0 Å². The minimum absolute atomic E-state index is 0.0278. The summed E-state index contributed by atoms with van der Waals surface area (Å²) in [6.45, 7) is -11.4. The number of piperazine rings is 1. The molecule has 1 amide bonds. The fraction of sp³-hybridized carbons (Fsp3) is 0.550. The molecule has 3 heterocycles. The van der Waals surface area contributed by atoms with Gasteiger partial charge in [-0.15, -0.1) is 0 Å². The highest BCUT2D eigenvalue weighted by atomic mass is 19.4. The van der Waals surface area contributed by atoms with Gasteiger partial charge in [-0.05, 0) is 13.8 Å². The SMILES string of the molecule is [2H]C1([2H])N(C(=O)CCOC[C@H](C)Nc2cn[nH]c(=O)c2C)C([2H])([2H])C([2H])([2H])N(c2ncc(C(F)(F)F)cn2)C1([2H])[2H]. The van der Waals surface area contributed by atoms with E-state index in [1.807, 2.05) is 0 Å². The van der Waals surface area contributed by atoms with Crippen LogP contribution in [0.4, 0.5) is 24.8 Å². The van der Waals surface area contributed by atoms with Crippen molar-refractivity contribution < 1.29 is 33.7 Å². The van der Waals surface area contributed by atoms with Crippen molar-refractivity contribution in [3.8, 4) is 0 Å². The van der Waals surface area contributed by atoms with Crippen molar-refractivity contribution in [3.05, 3.63) is 40.1 Å². The van der Waals surface area contributed by atoms with Crippen molar-refractivity contribution >= 4 is 17.5 Å². The molecule has 1 atom stereocenters. The van der Waals surface area contributed by atoms with E-state index in [1.165, 1.54) is 6.20 Å². The number of H-pyrrole nitrogens is 1. The molecule has 0 bridgehead atoms. The summed E-state index contributed by atoms with van der Waals surface area (Å²) in [5.41, 5.74) is -0.949. The van der Waals surface area contributed by atoms with Crippen LogP contribution in [0.1, 0.15) is 35.4 Å². The molecule has 0 aromatic carbocycles. The molecule has 33 heavy (non-hydrogen) atoms. The number of carbonyl (C=O) groups excluding carboxylic acids is 1. The lowest BCUT2D eigenvalue weighted by atomic mass is 10.2. The lowest BCUT2D eigenvalue weighted by Gasteiger charge is -2.34. The van der Waals surface area contributed by atoms with Crippen LogP contribution in [-0.4, -0.2) is 76.2 Å². The number of hydrogen-bond acceptors (Lipinski definition) is 8. The summed E-state index contributed by atoms with van der Waals surface area (Å²) in [5, 5.41) is 8.93. The Morgan fingerprint density at radius 3 is 2.58 bits per heavy atom. The first-order valence-electron chi connectivity index (χ1n) is 13.6. The number of carbonyl (C=O) groups is 1. The molecule has 0 unspecified atom stereocenters. The van der Waals surface area contributed by atoms with E-state index in [2.05, 4.69) is 25.5 Å². The molecule has 0 spiro atoms. The predicted octanol–water partition coefficient (Wildman–Crippen LogP) is 1.44. The normalized spacial score (nSPS) is 25.1. The van der Waals surface area contributed by atoms with Crippen molar-refractivity contribution in [2.75, 3.05) is 49.4 Å². The van der Waals surface area contributed by atoms with E-state index in [1.54, 1.807) is 13.8 Å². The second-order valence-corrected chi connectivity index (χ2v) is 6.89. The minimum atomic E-state index is -4.88. The van der Waals surface area contributed by atoms with Crippen LogP contribution in [0, 0.1) is 6.92 Å². The molecule has 0 aliphatic carbocycles. The summed E-state index contributed by atoms with van der Waals surface area (Å²) < 4.78 is 111. The smallest absolute Gasteiger partial charge is 0.379 e. The molecule has 1 aliphatic rings. The lowest BCUT2D eigenvalue weighted by Crippen LogP contribution is -2.49. The van der Waals surface area contributed by atoms with Crippen LogP contribution in [0.15, 0.2) is 23.4 Å². The molecule has 13 heteroatoms. The third-order valence-corrected chi connectivity index (χ3v) is 4.30. The lowest BCUT2D eigenvalue weighted by molar-refractivity contribution is -0.138. The van der Waals surface area contributed by atoms with E-state index in [0.29, 0.717) is 11.3 Å². The van der Waals surface area contributed by atoms with E-state index in [9.17, 15) is 22.8 Å². The molecule has 1 aliphatic heterocycles. The number of nitrogens with zero attached hydrogens (tertiary/aromatic N) is 5. The standard InChI is InChI=1S/C20H26F3N7O3/c1-13(27-16-11-26-28-18(32)14(16)2)12-33-8-3-17(31)29-4-6-30(7-5-29)19-24-9-15(10-25-19)20(21,22)23/h9-11,13H,3-8,12H2,1-2H3,(H2,27,28,32)/t13-/m0/s1/i4D2,5D2,6D2,7D2. The first-order chi connectivity index (χ1) is 18.7. The summed E-state index contributed by atoms with van der Waals surface area (Å²) in [4.78, 5) is 30.9. The average molecular weight is 478 g/mol. The van der Waals surface area contributed by atoms with Crippen LogP contribution in [-0.2, 0) is 15.7 Å². The highest BCUT2D eigenvalue weighted by Gasteiger charge is 2.32. The Bertz CT molecular complexity index is 1300. The van der Waals surface area contributed by atoms with Gasteiger partial charge in [0.2, 0.25) is 11.9 Å². The van der Waals surface area contributed by atoms with E-state index in [0.717, 1.165) is 0 Å². The Hall–Kier alpha value is -3.22. The van der Waals surface area contributed by atoms with Gasteiger partial charge < -0.3 is 19.9 Å². The van der Waals surface area contributed by atoms with Gasteiger partial charge in [-0.1, -0.05) is 0 Å². The van der Waals surface area contributed by atoms with E-state index < -0.39 is 74.2 Å². The summed E-state index contributed by atoms with van der Waals surface area (Å²) >= 11 is 0. The Morgan fingerprint density at radius 1 is 1.27 bits per heavy atom. The van der Waals surface area contributed by atoms with Gasteiger partial charge in [0.15, 0.2) is 0 Å². The van der Waals surface area contributed by atoms with Gasteiger partial charge in [0.25, 0.3) is 5.56 Å². The quantitative estimate of drug-likeness (QED) is 0.549. The van der Waals surface area contributed by atoms with Crippen molar-refractivity contribution in [1.82, 2.24) is 25.1 Å². The average Bonchev–Trinajstić information content (AvgIpc) is 2.83. The third kappa shape index (κ3) is 6.63. The fourth-order valence-electron chi connectivity index (χ4n) is 2.51. The Kier molecular flexibility index (Phi) is 5.01. The number of aromatic amines is 1. The second-order valence-electron chi connectivity index (χ2n) is 6.89. The number of hydrogen-bond donors (Lipinski definition) is 2. The molecule has 2 aromatic heterocycles. The third-order valence-electron chi connectivity index (χ3n) is 4.30. The maximum Gasteiger partial charge on any atom is 0.419 e. The summed E-state index contributed by atoms with van der Waals surface area (Å²) in [5.74, 6) is -2.40. The molecule has 1 saturated heterocycles. The first kappa shape index (κ1) is 15.6. The van der Waals surface area contributed by atoms with Crippen LogP contribution < -0.4 is 15.8 Å². The van der Waals surface area contributed by atoms with Crippen LogP contribution in [0.2, 0.25) is 0 Å². The Balaban J connectivity index is 1.77. The number of rotatable bonds is 8. The minimum Gasteiger partial charge on any atom is -0.379 e. The maximum absolute atomic E-state index is 13.0. The van der Waals surface area contributed by atoms with Gasteiger partial charge in [0.05, 0.1) is 48.0 Å². The molecule has 1 fully saturated rings. The molecule has 180 valence electrons. The summed E-state index contributed by atoms with van der Waals surface area (Å²) in [6.07, 6.45) is -3.73. The van der Waals surface area contributed by atoms with Crippen molar-refractivity contribution in [2.45, 2.75) is 32.5 Å². The predicted molar refractivity (Wildman–Crippen MR) is 114 cm³/mol. The van der Waals surface area contributed by atoms with E-state index >= 15 is 0 Å². The monoisotopic (exact) mass is 477 g/mol. The van der Waals surface area contributed by atoms with Gasteiger partial charge >= 0.3 is 6.18 Å². The summed E-state index contributed by atoms with van der Waals surface area (Å²) in [6, 6.07) is -0.402. The molecule has 3 rings (SSSR count). The molecular weight excluding hydrogens is 443 g/mol. The van der Waals surface area contributed by atoms with Gasteiger partial charge in [0, 0.05) is 50.0 Å². The van der Waals surface area contributed by atoms with Crippen molar-refractivity contribution in [2.24, 2.45) is 0 Å². The topological polar surface area (TPSA) is 116 Å². The van der Waals surface area contributed by atoms with Crippen LogP contribution in [0.3, 0.4) is 0 Å². The molecule has 2 aromatic rings.